The molecule has 0 spiro atoms. The van der Waals surface area contributed by atoms with Crippen molar-refractivity contribution in [3.63, 3.8) is 0 Å². The first-order valence-electron chi connectivity index (χ1n) is 8.64. The molecular weight excluding hydrogens is 357 g/mol. The Balaban J connectivity index is 2.09. The van der Waals surface area contributed by atoms with Crippen LogP contribution in [0.1, 0.15) is 30.4 Å². The zero-order chi connectivity index (χ0) is 19.7. The van der Waals surface area contributed by atoms with Crippen LogP contribution >= 0.6 is 0 Å². The number of aliphatic carboxylic acids is 1. The maximum absolute atomic E-state index is 14.4. The van der Waals surface area contributed by atoms with Crippen LogP contribution < -0.4 is 4.74 Å². The summed E-state index contributed by atoms with van der Waals surface area (Å²) in [6.45, 7) is -0.343. The normalized spacial score (nSPS) is 12.0. The first-order valence-corrected chi connectivity index (χ1v) is 8.64. The van der Waals surface area contributed by atoms with Crippen molar-refractivity contribution in [2.45, 2.75) is 31.8 Å². The lowest BCUT2D eigenvalue weighted by atomic mass is 10.1. The summed E-state index contributed by atoms with van der Waals surface area (Å²) >= 11 is 0. The van der Waals surface area contributed by atoms with Gasteiger partial charge in [-0.3, -0.25) is 4.39 Å². The number of aryl methyl sites for hydroxylation is 1. The summed E-state index contributed by atoms with van der Waals surface area (Å²) < 4.78 is 45.5. The molecule has 0 aliphatic rings. The Morgan fingerprint density at radius 2 is 1.67 bits per heavy atom. The van der Waals surface area contributed by atoms with Crippen molar-refractivity contribution in [3.05, 3.63) is 71.3 Å². The maximum atomic E-state index is 14.4. The molecule has 0 amide bonds. The van der Waals surface area contributed by atoms with Gasteiger partial charge >= 0.3 is 12.1 Å². The smallest absolute Gasteiger partial charge is 0.433 e. The maximum Gasteiger partial charge on any atom is 0.433 e. The fourth-order valence-electron chi connectivity index (χ4n) is 2.51. The largest absolute Gasteiger partial charge is 0.478 e. The number of carboxylic acids is 1. The molecule has 0 saturated heterocycles. The molecule has 0 fully saturated rings. The van der Waals surface area contributed by atoms with Gasteiger partial charge in [0.25, 0.3) is 0 Å². The first kappa shape index (κ1) is 20.6. The van der Waals surface area contributed by atoms with E-state index in [9.17, 15) is 23.1 Å². The number of ether oxygens (including phenoxy) is 1. The van der Waals surface area contributed by atoms with Crippen molar-refractivity contribution >= 4 is 12.0 Å². The molecule has 144 valence electrons. The standard InChI is InChI=1S/C21H21F3O3/c22-14-6-2-5-7-16-10-12-18(13-11-16)27-21(23,24)19(20(25)26)15-17-8-3-1-4-9-17/h1,3-4,8-13,15H,2,5-7,14H2,(H,25,26)/b19-15+. The summed E-state index contributed by atoms with van der Waals surface area (Å²) in [5.41, 5.74) is 0.105. The molecule has 2 rings (SSSR count). The average molecular weight is 378 g/mol. The molecule has 3 nitrogen and oxygen atoms in total. The van der Waals surface area contributed by atoms with Crippen LogP contribution in [0.3, 0.4) is 0 Å². The van der Waals surface area contributed by atoms with Gasteiger partial charge in [-0.25, -0.2) is 4.79 Å². The molecule has 0 radical (unpaired) electrons. The molecule has 0 atom stereocenters. The molecule has 0 bridgehead atoms. The van der Waals surface area contributed by atoms with Crippen LogP contribution in [-0.4, -0.2) is 23.9 Å². The van der Waals surface area contributed by atoms with Crippen LogP contribution in [0.5, 0.6) is 5.75 Å². The molecule has 2 aromatic rings. The zero-order valence-electron chi connectivity index (χ0n) is 14.7. The average Bonchev–Trinajstić information content (AvgIpc) is 2.65. The number of carboxylic acid groups (broad SMARTS) is 1. The van der Waals surface area contributed by atoms with Crippen LogP contribution in [0.15, 0.2) is 60.2 Å². The highest BCUT2D eigenvalue weighted by atomic mass is 19.3. The van der Waals surface area contributed by atoms with Crippen LogP contribution in [0.2, 0.25) is 0 Å². The SMILES string of the molecule is O=C(O)/C(=C\c1ccccc1)C(F)(F)Oc1ccc(CCCCCF)cc1. The minimum atomic E-state index is -4.00. The summed E-state index contributed by atoms with van der Waals surface area (Å²) in [4.78, 5) is 11.3. The number of rotatable bonds is 10. The van der Waals surface area contributed by atoms with Crippen molar-refractivity contribution in [2.24, 2.45) is 0 Å². The Bertz CT molecular complexity index is 756. The van der Waals surface area contributed by atoms with Gasteiger partial charge < -0.3 is 9.84 Å². The highest BCUT2D eigenvalue weighted by molar-refractivity contribution is 5.93. The number of carbonyl (C=O) groups is 1. The Morgan fingerprint density at radius 3 is 2.26 bits per heavy atom. The predicted molar refractivity (Wildman–Crippen MR) is 97.6 cm³/mol. The van der Waals surface area contributed by atoms with Crippen LogP contribution in [0.25, 0.3) is 6.08 Å². The molecule has 0 aliphatic carbocycles. The van der Waals surface area contributed by atoms with Crippen molar-refractivity contribution in [1.29, 1.82) is 0 Å². The van der Waals surface area contributed by atoms with E-state index in [2.05, 4.69) is 4.74 Å². The molecular formula is C21H21F3O3. The monoisotopic (exact) mass is 378 g/mol. The highest BCUT2D eigenvalue weighted by Crippen LogP contribution is 2.30. The molecule has 2 aromatic carbocycles. The molecule has 0 aromatic heterocycles. The second-order valence-corrected chi connectivity index (χ2v) is 6.04. The molecule has 0 aliphatic heterocycles. The third-order valence-electron chi connectivity index (χ3n) is 3.92. The number of alkyl halides is 3. The predicted octanol–water partition coefficient (Wildman–Crippen LogP) is 5.51. The minimum absolute atomic E-state index is 0.132. The number of halogens is 3. The van der Waals surface area contributed by atoms with E-state index in [1.165, 1.54) is 24.3 Å². The van der Waals surface area contributed by atoms with E-state index in [4.69, 9.17) is 0 Å². The van der Waals surface area contributed by atoms with Gasteiger partial charge in [-0.15, -0.1) is 0 Å². The summed E-state index contributed by atoms with van der Waals surface area (Å²) in [7, 11) is 0. The van der Waals surface area contributed by atoms with Crippen LogP contribution in [-0.2, 0) is 11.2 Å². The second-order valence-electron chi connectivity index (χ2n) is 6.04. The van der Waals surface area contributed by atoms with Crippen LogP contribution in [0.4, 0.5) is 13.2 Å². The van der Waals surface area contributed by atoms with E-state index >= 15 is 0 Å². The van der Waals surface area contributed by atoms with Gasteiger partial charge in [0.1, 0.15) is 11.3 Å². The lowest BCUT2D eigenvalue weighted by Crippen LogP contribution is -2.31. The van der Waals surface area contributed by atoms with Gasteiger partial charge in [0.2, 0.25) is 0 Å². The summed E-state index contributed by atoms with van der Waals surface area (Å²) in [5.74, 6) is -1.89. The van der Waals surface area contributed by atoms with Gasteiger partial charge in [-0.2, -0.15) is 8.78 Å². The van der Waals surface area contributed by atoms with Crippen molar-refractivity contribution in [2.75, 3.05) is 6.67 Å². The summed E-state index contributed by atoms with van der Waals surface area (Å²) in [5, 5.41) is 9.18. The Morgan fingerprint density at radius 1 is 1.00 bits per heavy atom. The molecule has 0 unspecified atom stereocenters. The number of benzene rings is 2. The van der Waals surface area contributed by atoms with Gasteiger partial charge in [-0.1, -0.05) is 48.9 Å². The summed E-state index contributed by atoms with van der Waals surface area (Å²) in [6.07, 6.45) is -0.307. The fourth-order valence-corrected chi connectivity index (χ4v) is 2.51. The van der Waals surface area contributed by atoms with E-state index in [-0.39, 0.29) is 12.4 Å². The first-order chi connectivity index (χ1) is 12.9. The van der Waals surface area contributed by atoms with E-state index < -0.39 is 17.7 Å². The lowest BCUT2D eigenvalue weighted by molar-refractivity contribution is -0.160. The lowest BCUT2D eigenvalue weighted by Gasteiger charge is -2.19. The molecule has 27 heavy (non-hydrogen) atoms. The quantitative estimate of drug-likeness (QED) is 0.438. The third-order valence-corrected chi connectivity index (χ3v) is 3.92. The minimum Gasteiger partial charge on any atom is -0.478 e. The van der Waals surface area contributed by atoms with E-state index in [0.717, 1.165) is 24.5 Å². The second kappa shape index (κ2) is 9.80. The highest BCUT2D eigenvalue weighted by Gasteiger charge is 2.41. The van der Waals surface area contributed by atoms with Gasteiger partial charge in [0, 0.05) is 0 Å². The van der Waals surface area contributed by atoms with Crippen molar-refractivity contribution < 1.29 is 27.8 Å². The Labute approximate surface area is 156 Å². The Kier molecular flexibility index (Phi) is 7.46. The van der Waals surface area contributed by atoms with Gasteiger partial charge in [-0.05, 0) is 48.6 Å². The zero-order valence-corrected chi connectivity index (χ0v) is 14.7. The molecule has 6 heteroatoms. The fraction of sp³-hybridized carbons (Fsp3) is 0.286. The Hall–Kier alpha value is -2.76. The topological polar surface area (TPSA) is 46.5 Å². The number of hydrogen-bond donors (Lipinski definition) is 1. The van der Waals surface area contributed by atoms with E-state index in [1.54, 1.807) is 30.3 Å². The molecule has 1 N–H and O–H groups in total. The van der Waals surface area contributed by atoms with Crippen molar-refractivity contribution in [3.8, 4) is 5.75 Å². The van der Waals surface area contributed by atoms with Crippen molar-refractivity contribution in [1.82, 2.24) is 0 Å². The molecule has 0 saturated carbocycles. The molecule has 0 heterocycles. The number of hydrogen-bond acceptors (Lipinski definition) is 2. The van der Waals surface area contributed by atoms with E-state index in [0.29, 0.717) is 18.4 Å². The van der Waals surface area contributed by atoms with E-state index in [1.807, 2.05) is 0 Å². The van der Waals surface area contributed by atoms with Gasteiger partial charge in [0.05, 0.1) is 6.67 Å². The van der Waals surface area contributed by atoms with Crippen LogP contribution in [0, 0.1) is 0 Å². The summed E-state index contributed by atoms with van der Waals surface area (Å²) in [6, 6.07) is 14.0. The van der Waals surface area contributed by atoms with Gasteiger partial charge in [0.15, 0.2) is 0 Å². The third kappa shape index (κ3) is 6.47. The number of unbranched alkanes of at least 4 members (excludes halogenated alkanes) is 2.